The van der Waals surface area contributed by atoms with Crippen molar-refractivity contribution < 1.29 is 4.42 Å². The zero-order chi connectivity index (χ0) is 9.97. The first kappa shape index (κ1) is 9.74. The summed E-state index contributed by atoms with van der Waals surface area (Å²) in [6.07, 6.45) is 1.75. The first-order chi connectivity index (χ1) is 6.77. The number of nitrogens with one attached hydrogen (secondary N) is 1. The van der Waals surface area contributed by atoms with Crippen LogP contribution in [0, 0.1) is 0 Å². The number of nitrogens with zero attached hydrogens (tertiary/aromatic N) is 1. The number of rotatable bonds is 2. The standard InChI is InChI=1S/C11H18N2O/c1-9-8-13(6-5-12-9)10(2)11-4-3-7-14-11/h3-4,7,9-10,12H,5-6,8H2,1-2H3/t9-,10-/m0/s1. The molecule has 0 aliphatic carbocycles. The highest BCUT2D eigenvalue weighted by molar-refractivity contribution is 5.04. The summed E-state index contributed by atoms with van der Waals surface area (Å²) in [4.78, 5) is 2.46. The maximum Gasteiger partial charge on any atom is 0.120 e. The predicted octanol–water partition coefficient (Wildman–Crippen LogP) is 1.63. The number of hydrogen-bond acceptors (Lipinski definition) is 3. The van der Waals surface area contributed by atoms with E-state index >= 15 is 0 Å². The molecule has 3 nitrogen and oxygen atoms in total. The Morgan fingerprint density at radius 3 is 3.14 bits per heavy atom. The topological polar surface area (TPSA) is 28.4 Å². The van der Waals surface area contributed by atoms with Gasteiger partial charge < -0.3 is 9.73 Å². The van der Waals surface area contributed by atoms with Crippen molar-refractivity contribution in [2.75, 3.05) is 19.6 Å². The van der Waals surface area contributed by atoms with E-state index < -0.39 is 0 Å². The highest BCUT2D eigenvalue weighted by Gasteiger charge is 2.22. The van der Waals surface area contributed by atoms with E-state index in [1.165, 1.54) is 0 Å². The number of hydrogen-bond donors (Lipinski definition) is 1. The Morgan fingerprint density at radius 1 is 1.64 bits per heavy atom. The van der Waals surface area contributed by atoms with Crippen molar-refractivity contribution in [2.45, 2.75) is 25.9 Å². The van der Waals surface area contributed by atoms with Gasteiger partial charge >= 0.3 is 0 Å². The quantitative estimate of drug-likeness (QED) is 0.775. The third-order valence-corrected chi connectivity index (χ3v) is 2.90. The van der Waals surface area contributed by atoms with E-state index in [9.17, 15) is 0 Å². The van der Waals surface area contributed by atoms with E-state index in [2.05, 4.69) is 30.1 Å². The molecule has 1 saturated heterocycles. The molecule has 2 heterocycles. The smallest absolute Gasteiger partial charge is 0.120 e. The average molecular weight is 194 g/mol. The zero-order valence-corrected chi connectivity index (χ0v) is 8.86. The van der Waals surface area contributed by atoms with Gasteiger partial charge in [-0.3, -0.25) is 4.90 Å². The molecule has 1 aliphatic heterocycles. The first-order valence-corrected chi connectivity index (χ1v) is 5.28. The second-order valence-electron chi connectivity index (χ2n) is 4.04. The van der Waals surface area contributed by atoms with Gasteiger partial charge in [0.25, 0.3) is 0 Å². The van der Waals surface area contributed by atoms with E-state index in [1.54, 1.807) is 6.26 Å². The third-order valence-electron chi connectivity index (χ3n) is 2.90. The Hall–Kier alpha value is -0.800. The molecular formula is C11H18N2O. The molecule has 0 amide bonds. The van der Waals surface area contributed by atoms with Gasteiger partial charge in [0.1, 0.15) is 5.76 Å². The van der Waals surface area contributed by atoms with Crippen molar-refractivity contribution in [1.29, 1.82) is 0 Å². The molecule has 1 aromatic heterocycles. The van der Waals surface area contributed by atoms with Crippen molar-refractivity contribution in [3.63, 3.8) is 0 Å². The maximum atomic E-state index is 5.42. The molecule has 0 bridgehead atoms. The Bertz CT molecular complexity index is 271. The largest absolute Gasteiger partial charge is 0.468 e. The summed E-state index contributed by atoms with van der Waals surface area (Å²) in [5, 5.41) is 3.44. The normalized spacial score (nSPS) is 26.3. The number of furan rings is 1. The second-order valence-corrected chi connectivity index (χ2v) is 4.04. The van der Waals surface area contributed by atoms with Crippen LogP contribution in [-0.4, -0.2) is 30.6 Å². The van der Waals surface area contributed by atoms with E-state index in [-0.39, 0.29) is 0 Å². The van der Waals surface area contributed by atoms with Crippen molar-refractivity contribution >= 4 is 0 Å². The van der Waals surface area contributed by atoms with Crippen molar-refractivity contribution in [3.8, 4) is 0 Å². The molecule has 0 radical (unpaired) electrons. The third kappa shape index (κ3) is 1.99. The van der Waals surface area contributed by atoms with Crippen LogP contribution in [0.2, 0.25) is 0 Å². The van der Waals surface area contributed by atoms with Gasteiger partial charge in [-0.1, -0.05) is 0 Å². The van der Waals surface area contributed by atoms with Crippen molar-refractivity contribution in [3.05, 3.63) is 24.2 Å². The lowest BCUT2D eigenvalue weighted by Gasteiger charge is -2.35. The Kier molecular flexibility index (Phi) is 2.89. The van der Waals surface area contributed by atoms with E-state index in [0.717, 1.165) is 25.4 Å². The Balaban J connectivity index is 2.00. The Labute approximate surface area is 85.1 Å². The molecule has 1 fully saturated rings. The van der Waals surface area contributed by atoms with Crippen LogP contribution >= 0.6 is 0 Å². The van der Waals surface area contributed by atoms with Gasteiger partial charge in [-0.2, -0.15) is 0 Å². The summed E-state index contributed by atoms with van der Waals surface area (Å²) in [7, 11) is 0. The maximum absolute atomic E-state index is 5.42. The molecular weight excluding hydrogens is 176 g/mol. The SMILES string of the molecule is C[C@H]1CN([C@@H](C)c2ccco2)CCN1. The summed E-state index contributed by atoms with van der Waals surface area (Å²) < 4.78 is 5.42. The van der Waals surface area contributed by atoms with Crippen LogP contribution in [0.15, 0.2) is 22.8 Å². The lowest BCUT2D eigenvalue weighted by Crippen LogP contribution is -2.49. The second kappa shape index (κ2) is 4.15. The van der Waals surface area contributed by atoms with Crippen LogP contribution in [-0.2, 0) is 0 Å². The molecule has 78 valence electrons. The molecule has 0 aromatic carbocycles. The van der Waals surface area contributed by atoms with Gasteiger partial charge in [-0.15, -0.1) is 0 Å². The molecule has 1 N–H and O–H groups in total. The monoisotopic (exact) mass is 194 g/mol. The van der Waals surface area contributed by atoms with Gasteiger partial charge in [0, 0.05) is 25.7 Å². The molecule has 2 rings (SSSR count). The molecule has 0 saturated carbocycles. The first-order valence-electron chi connectivity index (χ1n) is 5.28. The molecule has 14 heavy (non-hydrogen) atoms. The summed E-state index contributed by atoms with van der Waals surface area (Å²) in [6.45, 7) is 7.71. The van der Waals surface area contributed by atoms with Gasteiger partial charge in [0.05, 0.1) is 12.3 Å². The van der Waals surface area contributed by atoms with Crippen LogP contribution in [0.25, 0.3) is 0 Å². The minimum Gasteiger partial charge on any atom is -0.468 e. The number of piperazine rings is 1. The van der Waals surface area contributed by atoms with E-state index in [4.69, 9.17) is 4.42 Å². The van der Waals surface area contributed by atoms with Crippen LogP contribution in [0.5, 0.6) is 0 Å². The highest BCUT2D eigenvalue weighted by Crippen LogP contribution is 2.21. The summed E-state index contributed by atoms with van der Waals surface area (Å²) >= 11 is 0. The van der Waals surface area contributed by atoms with Crippen LogP contribution < -0.4 is 5.32 Å². The fraction of sp³-hybridized carbons (Fsp3) is 0.636. The minimum atomic E-state index is 0.398. The fourth-order valence-corrected chi connectivity index (χ4v) is 2.02. The summed E-state index contributed by atoms with van der Waals surface area (Å²) in [5.41, 5.74) is 0. The van der Waals surface area contributed by atoms with Gasteiger partial charge in [-0.25, -0.2) is 0 Å². The van der Waals surface area contributed by atoms with E-state index in [0.29, 0.717) is 12.1 Å². The molecule has 2 atom stereocenters. The fourth-order valence-electron chi connectivity index (χ4n) is 2.02. The lowest BCUT2D eigenvalue weighted by molar-refractivity contribution is 0.143. The van der Waals surface area contributed by atoms with Gasteiger partial charge in [0.2, 0.25) is 0 Å². The zero-order valence-electron chi connectivity index (χ0n) is 8.86. The molecule has 1 aromatic rings. The summed E-state index contributed by atoms with van der Waals surface area (Å²) in [5.74, 6) is 1.07. The van der Waals surface area contributed by atoms with Crippen LogP contribution in [0.3, 0.4) is 0 Å². The Morgan fingerprint density at radius 2 is 2.50 bits per heavy atom. The highest BCUT2D eigenvalue weighted by atomic mass is 16.3. The summed E-state index contributed by atoms with van der Waals surface area (Å²) in [6, 6.07) is 4.99. The van der Waals surface area contributed by atoms with E-state index in [1.807, 2.05) is 6.07 Å². The average Bonchev–Trinajstić information content (AvgIpc) is 2.69. The van der Waals surface area contributed by atoms with Crippen LogP contribution in [0.4, 0.5) is 0 Å². The molecule has 3 heteroatoms. The lowest BCUT2D eigenvalue weighted by atomic mass is 10.1. The van der Waals surface area contributed by atoms with Crippen molar-refractivity contribution in [1.82, 2.24) is 10.2 Å². The molecule has 0 spiro atoms. The van der Waals surface area contributed by atoms with Crippen molar-refractivity contribution in [2.24, 2.45) is 0 Å². The van der Waals surface area contributed by atoms with Crippen LogP contribution in [0.1, 0.15) is 25.6 Å². The van der Waals surface area contributed by atoms with Gasteiger partial charge in [0.15, 0.2) is 0 Å². The predicted molar refractivity (Wildman–Crippen MR) is 56.2 cm³/mol. The van der Waals surface area contributed by atoms with Gasteiger partial charge in [-0.05, 0) is 26.0 Å². The minimum absolute atomic E-state index is 0.398. The molecule has 1 aliphatic rings. The molecule has 0 unspecified atom stereocenters.